The molecule has 1 aromatic heterocycles. The fourth-order valence-electron chi connectivity index (χ4n) is 4.96. The van der Waals surface area contributed by atoms with E-state index < -0.39 is 17.8 Å². The Morgan fingerprint density at radius 3 is 2.62 bits per heavy atom. The molecule has 6 nitrogen and oxygen atoms in total. The number of aryl methyl sites for hydroxylation is 1. The summed E-state index contributed by atoms with van der Waals surface area (Å²) in [7, 11) is 0. The summed E-state index contributed by atoms with van der Waals surface area (Å²) < 4.78 is 5.46. The van der Waals surface area contributed by atoms with Gasteiger partial charge in [-0.05, 0) is 55.9 Å². The van der Waals surface area contributed by atoms with Crippen LogP contribution in [0.5, 0.6) is 0 Å². The minimum absolute atomic E-state index is 0.0457. The summed E-state index contributed by atoms with van der Waals surface area (Å²) in [4.78, 5) is 38.8. The van der Waals surface area contributed by atoms with Gasteiger partial charge in [-0.3, -0.25) is 9.59 Å². The SMILES string of the molecule is CCCCOC(=O)c1c(NC(=O)[C@H]2[C@@H](C(=O)O)[C@H]3C=C[C@H]2C3)sc2c1CCCC2. The summed E-state index contributed by atoms with van der Waals surface area (Å²) in [5.41, 5.74) is 1.49. The molecule has 3 aliphatic rings. The first-order valence-corrected chi connectivity index (χ1v) is 11.4. The van der Waals surface area contributed by atoms with Gasteiger partial charge in [0.05, 0.1) is 24.0 Å². The quantitative estimate of drug-likeness (QED) is 0.397. The van der Waals surface area contributed by atoms with E-state index in [1.807, 2.05) is 19.1 Å². The van der Waals surface area contributed by atoms with Crippen LogP contribution in [-0.2, 0) is 27.2 Å². The molecule has 0 saturated heterocycles. The van der Waals surface area contributed by atoms with E-state index in [1.54, 1.807) is 0 Å². The average molecular weight is 418 g/mol. The smallest absolute Gasteiger partial charge is 0.341 e. The zero-order valence-corrected chi connectivity index (χ0v) is 17.4. The van der Waals surface area contributed by atoms with Crippen molar-refractivity contribution in [2.45, 2.75) is 51.9 Å². The highest BCUT2D eigenvalue weighted by molar-refractivity contribution is 7.17. The van der Waals surface area contributed by atoms with E-state index in [0.29, 0.717) is 23.6 Å². The Hall–Kier alpha value is -2.15. The number of hydrogen-bond donors (Lipinski definition) is 2. The maximum Gasteiger partial charge on any atom is 0.341 e. The first kappa shape index (κ1) is 20.1. The third kappa shape index (κ3) is 3.72. The highest BCUT2D eigenvalue weighted by Gasteiger charge is 2.51. The summed E-state index contributed by atoms with van der Waals surface area (Å²) in [6.45, 7) is 2.40. The highest BCUT2D eigenvalue weighted by atomic mass is 32.1. The lowest BCUT2D eigenvalue weighted by molar-refractivity contribution is -0.146. The number of allylic oxidation sites excluding steroid dienone is 2. The Morgan fingerprint density at radius 2 is 1.90 bits per heavy atom. The van der Waals surface area contributed by atoms with E-state index in [0.717, 1.165) is 49.0 Å². The second-order valence-electron chi connectivity index (χ2n) is 8.23. The molecule has 1 fully saturated rings. The van der Waals surface area contributed by atoms with Gasteiger partial charge in [0.15, 0.2) is 0 Å². The van der Waals surface area contributed by atoms with Gasteiger partial charge in [-0.1, -0.05) is 25.5 Å². The monoisotopic (exact) mass is 417 g/mol. The molecule has 2 bridgehead atoms. The van der Waals surface area contributed by atoms with Crippen LogP contribution in [0.3, 0.4) is 0 Å². The standard InChI is InChI=1S/C22H27NO5S/c1-2-3-10-28-22(27)18-14-6-4-5-7-15(14)29-20(18)23-19(24)16-12-8-9-13(11-12)17(16)21(25)26/h8-9,12-13,16-17H,2-7,10-11H2,1H3,(H,23,24)(H,25,26)/t12-,13-,16+,17-/m0/s1. The second kappa shape index (κ2) is 8.30. The summed E-state index contributed by atoms with van der Waals surface area (Å²) >= 11 is 1.45. The number of thiophene rings is 1. The molecular formula is C22H27NO5S. The van der Waals surface area contributed by atoms with E-state index >= 15 is 0 Å². The molecule has 2 N–H and O–H groups in total. The number of carboxylic acid groups (broad SMARTS) is 1. The minimum Gasteiger partial charge on any atom is -0.481 e. The minimum atomic E-state index is -0.924. The van der Waals surface area contributed by atoms with Crippen LogP contribution >= 0.6 is 11.3 Å². The van der Waals surface area contributed by atoms with Gasteiger partial charge in [0.2, 0.25) is 5.91 Å². The molecule has 4 atom stereocenters. The predicted octanol–water partition coefficient (Wildman–Crippen LogP) is 4.05. The van der Waals surface area contributed by atoms with Crippen molar-refractivity contribution < 1.29 is 24.2 Å². The molecule has 0 unspecified atom stereocenters. The number of unbranched alkanes of at least 4 members (excludes halogenated alkanes) is 1. The molecule has 29 heavy (non-hydrogen) atoms. The number of anilines is 1. The number of rotatable bonds is 7. The molecular weight excluding hydrogens is 390 g/mol. The molecule has 0 aromatic carbocycles. The van der Waals surface area contributed by atoms with Gasteiger partial charge in [-0.15, -0.1) is 11.3 Å². The van der Waals surface area contributed by atoms with Crippen molar-refractivity contribution in [3.05, 3.63) is 28.2 Å². The fraction of sp³-hybridized carbons (Fsp3) is 0.591. The van der Waals surface area contributed by atoms with Crippen LogP contribution in [0.25, 0.3) is 0 Å². The third-order valence-corrected chi connectivity index (χ3v) is 7.60. The largest absolute Gasteiger partial charge is 0.481 e. The Labute approximate surface area is 174 Å². The van der Waals surface area contributed by atoms with Crippen LogP contribution in [0.2, 0.25) is 0 Å². The molecule has 1 saturated carbocycles. The maximum atomic E-state index is 13.1. The van der Waals surface area contributed by atoms with Gasteiger partial charge >= 0.3 is 11.9 Å². The van der Waals surface area contributed by atoms with Crippen molar-refractivity contribution >= 4 is 34.2 Å². The summed E-state index contributed by atoms with van der Waals surface area (Å²) in [6, 6.07) is 0. The molecule has 3 aliphatic carbocycles. The Balaban J connectivity index is 1.59. The van der Waals surface area contributed by atoms with Crippen LogP contribution in [-0.4, -0.2) is 29.6 Å². The number of amides is 1. The number of carbonyl (C=O) groups excluding carboxylic acids is 2. The van der Waals surface area contributed by atoms with Crippen LogP contribution in [0.15, 0.2) is 12.2 Å². The lowest BCUT2D eigenvalue weighted by atomic mass is 9.82. The second-order valence-corrected chi connectivity index (χ2v) is 9.34. The van der Waals surface area contributed by atoms with Gasteiger partial charge in [-0.25, -0.2) is 4.79 Å². The van der Waals surface area contributed by atoms with E-state index in [2.05, 4.69) is 5.32 Å². The predicted molar refractivity (Wildman–Crippen MR) is 110 cm³/mol. The van der Waals surface area contributed by atoms with Crippen LogP contribution in [0, 0.1) is 23.7 Å². The van der Waals surface area contributed by atoms with Gasteiger partial charge in [0, 0.05) is 4.88 Å². The summed E-state index contributed by atoms with van der Waals surface area (Å²) in [5, 5.41) is 13.1. The Bertz CT molecular complexity index is 858. The van der Waals surface area contributed by atoms with Crippen molar-refractivity contribution in [1.82, 2.24) is 0 Å². The molecule has 0 spiro atoms. The molecule has 1 aromatic rings. The normalized spacial score (nSPS) is 26.9. The van der Waals surface area contributed by atoms with Crippen molar-refractivity contribution in [2.75, 3.05) is 11.9 Å². The maximum absolute atomic E-state index is 13.1. The van der Waals surface area contributed by atoms with Crippen molar-refractivity contribution in [2.24, 2.45) is 23.7 Å². The lowest BCUT2D eigenvalue weighted by Crippen LogP contribution is -2.36. The zero-order chi connectivity index (χ0) is 20.5. The molecule has 156 valence electrons. The Morgan fingerprint density at radius 1 is 1.17 bits per heavy atom. The summed E-state index contributed by atoms with van der Waals surface area (Å²) in [5.74, 6) is -3.01. The molecule has 1 heterocycles. The number of ether oxygens (including phenoxy) is 1. The topological polar surface area (TPSA) is 92.7 Å². The van der Waals surface area contributed by atoms with Crippen LogP contribution in [0.4, 0.5) is 5.00 Å². The van der Waals surface area contributed by atoms with Crippen LogP contribution in [0.1, 0.15) is 59.8 Å². The van der Waals surface area contributed by atoms with E-state index in [1.165, 1.54) is 11.3 Å². The van der Waals surface area contributed by atoms with Crippen molar-refractivity contribution in [1.29, 1.82) is 0 Å². The number of carboxylic acids is 1. The Kier molecular flexibility index (Phi) is 5.76. The molecule has 0 radical (unpaired) electrons. The van der Waals surface area contributed by atoms with E-state index in [9.17, 15) is 19.5 Å². The van der Waals surface area contributed by atoms with Gasteiger partial charge in [0.1, 0.15) is 5.00 Å². The lowest BCUT2D eigenvalue weighted by Gasteiger charge is -2.23. The number of aliphatic carboxylic acids is 1. The average Bonchev–Trinajstić information content (AvgIpc) is 3.40. The number of carbonyl (C=O) groups is 3. The summed E-state index contributed by atoms with van der Waals surface area (Å²) in [6.07, 6.45) is 10.1. The zero-order valence-electron chi connectivity index (χ0n) is 16.6. The van der Waals surface area contributed by atoms with E-state index in [4.69, 9.17) is 4.74 Å². The molecule has 0 aliphatic heterocycles. The first-order valence-electron chi connectivity index (χ1n) is 10.5. The highest BCUT2D eigenvalue weighted by Crippen LogP contribution is 2.49. The van der Waals surface area contributed by atoms with Gasteiger partial charge in [-0.2, -0.15) is 0 Å². The molecule has 4 rings (SSSR count). The fourth-order valence-corrected chi connectivity index (χ4v) is 6.24. The third-order valence-electron chi connectivity index (χ3n) is 6.39. The number of nitrogens with one attached hydrogen (secondary N) is 1. The van der Waals surface area contributed by atoms with Gasteiger partial charge in [0.25, 0.3) is 0 Å². The molecule has 7 heteroatoms. The van der Waals surface area contributed by atoms with Crippen molar-refractivity contribution in [3.63, 3.8) is 0 Å². The van der Waals surface area contributed by atoms with E-state index in [-0.39, 0.29) is 23.7 Å². The molecule has 1 amide bonds. The number of hydrogen-bond acceptors (Lipinski definition) is 5. The van der Waals surface area contributed by atoms with Crippen molar-refractivity contribution in [3.8, 4) is 0 Å². The van der Waals surface area contributed by atoms with Gasteiger partial charge < -0.3 is 15.2 Å². The number of esters is 1. The first-order chi connectivity index (χ1) is 14.0. The number of fused-ring (bicyclic) bond motifs is 3. The van der Waals surface area contributed by atoms with Crippen LogP contribution < -0.4 is 5.32 Å².